The third kappa shape index (κ3) is 3.37. The van der Waals surface area contributed by atoms with Gasteiger partial charge in [-0.1, -0.05) is 6.07 Å². The van der Waals surface area contributed by atoms with Crippen LogP contribution in [0.5, 0.6) is 11.5 Å². The summed E-state index contributed by atoms with van der Waals surface area (Å²) in [6.07, 6.45) is 2.37. The Bertz CT molecular complexity index is 851. The van der Waals surface area contributed by atoms with Gasteiger partial charge >= 0.3 is 0 Å². The van der Waals surface area contributed by atoms with Crippen molar-refractivity contribution in [2.24, 2.45) is 0 Å². The molecule has 1 aromatic heterocycles. The highest BCUT2D eigenvalue weighted by Gasteiger charge is 2.24. The van der Waals surface area contributed by atoms with Gasteiger partial charge in [0.2, 0.25) is 12.4 Å². The molecule has 1 aromatic carbocycles. The van der Waals surface area contributed by atoms with E-state index in [4.69, 9.17) is 9.47 Å². The molecular formula is C18H18N2O4S. The number of amides is 1. The fourth-order valence-electron chi connectivity index (χ4n) is 3.11. The molecule has 7 heteroatoms. The molecule has 1 unspecified atom stereocenters. The number of pyridine rings is 1. The highest BCUT2D eigenvalue weighted by molar-refractivity contribution is 7.99. The molecule has 0 radical (unpaired) electrons. The number of rotatable bonds is 2. The van der Waals surface area contributed by atoms with Gasteiger partial charge in [-0.2, -0.15) is 11.8 Å². The number of ether oxygens (including phenoxy) is 2. The number of nitrogens with zero attached hydrogens (tertiary/aromatic N) is 1. The predicted octanol–water partition coefficient (Wildman–Crippen LogP) is 2.42. The minimum atomic E-state index is -0.256. The van der Waals surface area contributed by atoms with Gasteiger partial charge in [0, 0.05) is 41.9 Å². The second-order valence-corrected chi connectivity index (χ2v) is 7.31. The molecule has 130 valence electrons. The molecular weight excluding hydrogens is 340 g/mol. The molecule has 6 nitrogen and oxygen atoms in total. The van der Waals surface area contributed by atoms with Crippen LogP contribution in [0.4, 0.5) is 0 Å². The first-order chi connectivity index (χ1) is 12.2. The second kappa shape index (κ2) is 6.84. The smallest absolute Gasteiger partial charge is 0.254 e. The van der Waals surface area contributed by atoms with Crippen LogP contribution >= 0.6 is 11.8 Å². The number of aromatic nitrogens is 1. The molecule has 0 bridgehead atoms. The van der Waals surface area contributed by atoms with Crippen LogP contribution in [-0.2, 0) is 0 Å². The maximum atomic E-state index is 12.6. The monoisotopic (exact) mass is 358 g/mol. The molecule has 3 heterocycles. The van der Waals surface area contributed by atoms with Gasteiger partial charge in [-0.3, -0.25) is 9.59 Å². The molecule has 0 aliphatic carbocycles. The Morgan fingerprint density at radius 2 is 2.04 bits per heavy atom. The standard InChI is InChI=1S/C18H18N2O4S/c21-17-10-13(3-5-19-17)18(22)20-6-4-16(25-8-7-20)12-1-2-14-15(9-12)24-11-23-14/h1-3,5,9-10,16H,4,6-8,11H2,(H,19,21). The molecule has 1 fully saturated rings. The van der Waals surface area contributed by atoms with E-state index in [1.165, 1.54) is 17.8 Å². The van der Waals surface area contributed by atoms with Gasteiger partial charge in [-0.25, -0.2) is 0 Å². The topological polar surface area (TPSA) is 71.6 Å². The number of nitrogens with one attached hydrogen (secondary N) is 1. The van der Waals surface area contributed by atoms with Crippen molar-refractivity contribution in [1.82, 2.24) is 9.88 Å². The maximum absolute atomic E-state index is 12.6. The Morgan fingerprint density at radius 1 is 1.16 bits per heavy atom. The fourth-order valence-corrected chi connectivity index (χ4v) is 4.33. The molecule has 1 saturated heterocycles. The quantitative estimate of drug-likeness (QED) is 0.893. The molecule has 2 aromatic rings. The lowest BCUT2D eigenvalue weighted by Crippen LogP contribution is -2.33. The van der Waals surface area contributed by atoms with E-state index in [1.54, 1.807) is 6.07 Å². The molecule has 2 aliphatic rings. The molecule has 4 rings (SSSR count). The summed E-state index contributed by atoms with van der Waals surface area (Å²) in [6, 6.07) is 9.06. The minimum absolute atomic E-state index is 0.0852. The van der Waals surface area contributed by atoms with Crippen LogP contribution in [-0.4, -0.2) is 41.4 Å². The van der Waals surface area contributed by atoms with Crippen molar-refractivity contribution in [2.75, 3.05) is 25.6 Å². The number of carbonyl (C=O) groups excluding carboxylic acids is 1. The summed E-state index contributed by atoms with van der Waals surface area (Å²) in [5.74, 6) is 2.35. The summed E-state index contributed by atoms with van der Waals surface area (Å²) in [5.41, 5.74) is 1.38. The van der Waals surface area contributed by atoms with E-state index in [9.17, 15) is 9.59 Å². The third-order valence-corrected chi connectivity index (χ3v) is 5.75. The number of hydrogen-bond donors (Lipinski definition) is 1. The van der Waals surface area contributed by atoms with Crippen LogP contribution in [0.3, 0.4) is 0 Å². The fraction of sp³-hybridized carbons (Fsp3) is 0.333. The number of thioether (sulfide) groups is 1. The first kappa shape index (κ1) is 16.1. The molecule has 1 atom stereocenters. The van der Waals surface area contributed by atoms with Gasteiger partial charge in [-0.15, -0.1) is 0 Å². The van der Waals surface area contributed by atoms with E-state index in [0.29, 0.717) is 23.9 Å². The number of aromatic amines is 1. The summed E-state index contributed by atoms with van der Waals surface area (Å²) >= 11 is 1.84. The maximum Gasteiger partial charge on any atom is 0.254 e. The molecule has 2 aliphatic heterocycles. The van der Waals surface area contributed by atoms with Crippen LogP contribution in [0.1, 0.15) is 27.6 Å². The lowest BCUT2D eigenvalue weighted by Gasteiger charge is -2.20. The average molecular weight is 358 g/mol. The van der Waals surface area contributed by atoms with E-state index >= 15 is 0 Å². The summed E-state index contributed by atoms with van der Waals surface area (Å²) in [6.45, 7) is 1.62. The zero-order valence-electron chi connectivity index (χ0n) is 13.6. The zero-order valence-corrected chi connectivity index (χ0v) is 14.4. The molecule has 25 heavy (non-hydrogen) atoms. The predicted molar refractivity (Wildman–Crippen MR) is 95.3 cm³/mol. The van der Waals surface area contributed by atoms with E-state index in [2.05, 4.69) is 11.1 Å². The summed E-state index contributed by atoms with van der Waals surface area (Å²) in [5, 5.41) is 0.312. The lowest BCUT2D eigenvalue weighted by molar-refractivity contribution is 0.0766. The first-order valence-corrected chi connectivity index (χ1v) is 9.25. The summed E-state index contributed by atoms with van der Waals surface area (Å²) in [4.78, 5) is 28.4. The Balaban J connectivity index is 1.47. The summed E-state index contributed by atoms with van der Waals surface area (Å²) in [7, 11) is 0. The summed E-state index contributed by atoms with van der Waals surface area (Å²) < 4.78 is 10.8. The van der Waals surface area contributed by atoms with Crippen LogP contribution < -0.4 is 15.0 Å². The van der Waals surface area contributed by atoms with Gasteiger partial charge in [0.1, 0.15) is 0 Å². The van der Waals surface area contributed by atoms with Gasteiger partial charge < -0.3 is 19.4 Å². The van der Waals surface area contributed by atoms with Crippen molar-refractivity contribution in [3.8, 4) is 11.5 Å². The number of fused-ring (bicyclic) bond motifs is 1. The minimum Gasteiger partial charge on any atom is -0.454 e. The van der Waals surface area contributed by atoms with Crippen LogP contribution in [0.2, 0.25) is 0 Å². The highest BCUT2D eigenvalue weighted by atomic mass is 32.2. The Kier molecular flexibility index (Phi) is 4.40. The van der Waals surface area contributed by atoms with Crippen LogP contribution in [0.15, 0.2) is 41.3 Å². The average Bonchev–Trinajstić information content (AvgIpc) is 2.96. The van der Waals surface area contributed by atoms with Crippen molar-refractivity contribution in [3.05, 3.63) is 58.0 Å². The van der Waals surface area contributed by atoms with Crippen LogP contribution in [0.25, 0.3) is 0 Å². The van der Waals surface area contributed by atoms with Gasteiger partial charge in [-0.05, 0) is 30.2 Å². The normalized spacial score (nSPS) is 19.5. The van der Waals surface area contributed by atoms with Crippen molar-refractivity contribution >= 4 is 17.7 Å². The number of benzene rings is 1. The lowest BCUT2D eigenvalue weighted by atomic mass is 10.1. The van der Waals surface area contributed by atoms with Crippen molar-refractivity contribution in [1.29, 1.82) is 0 Å². The van der Waals surface area contributed by atoms with E-state index < -0.39 is 0 Å². The third-order valence-electron chi connectivity index (χ3n) is 4.42. The largest absolute Gasteiger partial charge is 0.454 e. The Labute approximate surface area is 149 Å². The molecule has 0 saturated carbocycles. The van der Waals surface area contributed by atoms with Crippen molar-refractivity contribution < 1.29 is 14.3 Å². The molecule has 1 amide bonds. The number of hydrogen-bond acceptors (Lipinski definition) is 5. The van der Waals surface area contributed by atoms with E-state index in [1.807, 2.05) is 28.8 Å². The van der Waals surface area contributed by atoms with Crippen molar-refractivity contribution in [2.45, 2.75) is 11.7 Å². The van der Waals surface area contributed by atoms with Gasteiger partial charge in [0.15, 0.2) is 11.5 Å². The first-order valence-electron chi connectivity index (χ1n) is 8.20. The van der Waals surface area contributed by atoms with Crippen molar-refractivity contribution in [3.63, 3.8) is 0 Å². The molecule has 1 N–H and O–H groups in total. The van der Waals surface area contributed by atoms with Gasteiger partial charge in [0.25, 0.3) is 5.91 Å². The van der Waals surface area contributed by atoms with E-state index in [-0.39, 0.29) is 18.3 Å². The number of carbonyl (C=O) groups is 1. The number of H-pyrrole nitrogens is 1. The van der Waals surface area contributed by atoms with E-state index in [0.717, 1.165) is 23.7 Å². The second-order valence-electron chi connectivity index (χ2n) is 5.99. The SMILES string of the molecule is O=C(c1cc[nH]c(=O)c1)N1CCSC(c2ccc3c(c2)OCO3)CC1. The highest BCUT2D eigenvalue weighted by Crippen LogP contribution is 2.40. The zero-order chi connectivity index (χ0) is 17.2. The molecule has 0 spiro atoms. The Hall–Kier alpha value is -2.41. The Morgan fingerprint density at radius 3 is 2.92 bits per heavy atom. The van der Waals surface area contributed by atoms with Gasteiger partial charge in [0.05, 0.1) is 0 Å². The van der Waals surface area contributed by atoms with Crippen LogP contribution in [0, 0.1) is 0 Å².